The largest absolute Gasteiger partial charge is 0.416 e. The fraction of sp³-hybridized carbons (Fsp3) is 0.412. The highest BCUT2D eigenvalue weighted by atomic mass is 32.2. The molecule has 16 nitrogen and oxygen atoms in total. The molecule has 4 fully saturated rings. The van der Waals surface area contributed by atoms with Gasteiger partial charge in [0.1, 0.15) is 11.6 Å². The van der Waals surface area contributed by atoms with Gasteiger partial charge >= 0.3 is 12.4 Å². The molecule has 0 spiro atoms. The minimum Gasteiger partial charge on any atom is -0.382 e. The molecule has 2 saturated heterocycles. The molecular formula is C68H76F8N6O10S2. The Morgan fingerprint density at radius 3 is 1.10 bits per heavy atom. The van der Waals surface area contributed by atoms with E-state index in [1.807, 2.05) is 48.5 Å². The first-order valence-electron chi connectivity index (χ1n) is 31.0. The molecule has 2 aliphatic heterocycles. The van der Waals surface area contributed by atoms with Crippen LogP contribution < -0.4 is 21.3 Å². The van der Waals surface area contributed by atoms with Gasteiger partial charge < -0.3 is 31.1 Å². The Balaban J connectivity index is 0.000000211. The van der Waals surface area contributed by atoms with Gasteiger partial charge in [-0.1, -0.05) is 86.3 Å². The van der Waals surface area contributed by atoms with Crippen LogP contribution >= 0.6 is 0 Å². The number of anilines is 4. The maximum atomic E-state index is 14.9. The van der Waals surface area contributed by atoms with E-state index in [-0.39, 0.29) is 33.6 Å². The van der Waals surface area contributed by atoms with E-state index < -0.39 is 114 Å². The number of alkyl halides is 6. The number of hydrogen-bond acceptors (Lipinski definition) is 10. The quantitative estimate of drug-likeness (QED) is 0.0416. The number of amides is 4. The summed E-state index contributed by atoms with van der Waals surface area (Å²) in [5, 5.41) is 12.4. The summed E-state index contributed by atoms with van der Waals surface area (Å²) in [6.45, 7) is 6.69. The van der Waals surface area contributed by atoms with Gasteiger partial charge in [0.2, 0.25) is 11.8 Å². The summed E-state index contributed by atoms with van der Waals surface area (Å²) in [6.07, 6.45) is 1.83. The van der Waals surface area contributed by atoms with Gasteiger partial charge in [0.15, 0.2) is 0 Å². The summed E-state index contributed by atoms with van der Waals surface area (Å²) in [7, 11) is -8.59. The number of hydrogen-bond donors (Lipinski definition) is 6. The number of carbonyl (C=O) groups is 4. The molecule has 0 radical (unpaired) electrons. The lowest BCUT2D eigenvalue weighted by atomic mass is 9.83. The molecule has 0 bridgehead atoms. The number of nitrogens with one attached hydrogen (secondary N) is 4. The van der Waals surface area contributed by atoms with Gasteiger partial charge in [0.05, 0.1) is 57.7 Å². The highest BCUT2D eigenvalue weighted by Gasteiger charge is 2.43. The van der Waals surface area contributed by atoms with Crippen LogP contribution in [0.1, 0.15) is 154 Å². The van der Waals surface area contributed by atoms with E-state index in [0.29, 0.717) is 73.1 Å². The predicted octanol–water partition coefficient (Wildman–Crippen LogP) is 14.9. The van der Waals surface area contributed by atoms with Crippen molar-refractivity contribution in [3.05, 3.63) is 189 Å². The van der Waals surface area contributed by atoms with Crippen molar-refractivity contribution in [3.8, 4) is 0 Å². The molecule has 506 valence electrons. The number of halogens is 8. The van der Waals surface area contributed by atoms with Crippen LogP contribution in [0, 0.1) is 51.2 Å². The van der Waals surface area contributed by atoms with E-state index >= 15 is 0 Å². The van der Waals surface area contributed by atoms with Crippen LogP contribution in [0.2, 0.25) is 0 Å². The van der Waals surface area contributed by atoms with Crippen LogP contribution in [-0.4, -0.2) is 96.0 Å². The summed E-state index contributed by atoms with van der Waals surface area (Å²) in [5.41, 5.74) is 2.68. The summed E-state index contributed by atoms with van der Waals surface area (Å²) in [6, 6.07) is 30.8. The van der Waals surface area contributed by atoms with Gasteiger partial charge in [-0.2, -0.15) is 43.2 Å². The number of likely N-dealkylation sites (tertiary alicyclic amines) is 2. The van der Waals surface area contributed by atoms with Crippen molar-refractivity contribution in [2.24, 2.45) is 11.8 Å². The molecule has 6 N–H and O–H groups in total. The monoisotopic (exact) mass is 1350 g/mol. The lowest BCUT2D eigenvalue weighted by Gasteiger charge is -2.41. The van der Waals surface area contributed by atoms with Gasteiger partial charge in [-0.25, -0.2) is 8.78 Å². The normalized spacial score (nSPS) is 18.9. The zero-order chi connectivity index (χ0) is 68.5. The standard InChI is InChI=1S/2C33H35F4N3O2.C2H6O6S2/c2*1-20-12-15-25(19-27(20)33(35,36)37)39-31(41)26-10-6-18-40(32(42)29-21(2)7-5-11-28(29)34)30(26)22-13-16-24(17-14-22)38-23-8-3-4-9-23;3-9(4,5)1-2-10(6,7)8/h2*5,7,11-17,19,23,26,30,38H,3-4,6,8-10,18H2,1-2H3,(H,39,41);1-2H2,(H,3,4,5)(H,6,7,8)/t2*26-,30-;/m00./s1. The van der Waals surface area contributed by atoms with Gasteiger partial charge in [-0.05, 0) is 173 Å². The van der Waals surface area contributed by atoms with Crippen molar-refractivity contribution in [2.75, 3.05) is 45.9 Å². The fourth-order valence-electron chi connectivity index (χ4n) is 12.8. The Bertz CT molecular complexity index is 3630. The Kier molecular flexibility index (Phi) is 23.4. The van der Waals surface area contributed by atoms with Gasteiger partial charge in [0.25, 0.3) is 32.1 Å². The van der Waals surface area contributed by atoms with E-state index in [2.05, 4.69) is 21.3 Å². The van der Waals surface area contributed by atoms with Crippen molar-refractivity contribution in [3.63, 3.8) is 0 Å². The lowest BCUT2D eigenvalue weighted by molar-refractivity contribution is -0.138. The Labute approximate surface area is 541 Å². The lowest BCUT2D eigenvalue weighted by Crippen LogP contribution is -2.46. The summed E-state index contributed by atoms with van der Waals surface area (Å²) >= 11 is 0. The molecule has 4 amide bonds. The SMILES string of the molecule is Cc1ccc(NC(=O)[C@H]2CCCN(C(=O)c3c(C)cccc3F)[C@H]2c2ccc(NC3CCCC3)cc2)cc1C(F)(F)F.Cc1ccc(NC(=O)[C@H]2CCCN(C(=O)c3c(C)cccc3F)[C@H]2c2ccc(NC3CCCC3)cc2)cc1C(F)(F)F.O=S(=O)(O)CCS(=O)(=O)O. The van der Waals surface area contributed by atoms with Crippen LogP contribution in [0.4, 0.5) is 57.9 Å². The first-order valence-corrected chi connectivity index (χ1v) is 34.2. The average Bonchev–Trinajstić information content (AvgIpc) is 0.840. The number of nitrogens with zero attached hydrogens (tertiary/aromatic N) is 2. The zero-order valence-electron chi connectivity index (χ0n) is 52.2. The third kappa shape index (κ3) is 18.9. The maximum absolute atomic E-state index is 14.9. The second-order valence-electron chi connectivity index (χ2n) is 24.3. The average molecular weight is 1350 g/mol. The molecule has 6 aromatic carbocycles. The molecule has 94 heavy (non-hydrogen) atoms. The van der Waals surface area contributed by atoms with Crippen molar-refractivity contribution < 1.29 is 80.2 Å². The molecule has 4 atom stereocenters. The third-order valence-corrected chi connectivity index (χ3v) is 19.2. The van der Waals surface area contributed by atoms with E-state index in [1.165, 1.54) is 97.9 Å². The molecular weight excluding hydrogens is 1280 g/mol. The number of benzene rings is 6. The minimum absolute atomic E-state index is 0.0289. The first-order chi connectivity index (χ1) is 44.3. The molecule has 10 rings (SSSR count). The highest BCUT2D eigenvalue weighted by molar-refractivity contribution is 7.89. The van der Waals surface area contributed by atoms with Gasteiger partial charge in [0, 0.05) is 47.9 Å². The van der Waals surface area contributed by atoms with Crippen LogP contribution in [0.25, 0.3) is 0 Å². The van der Waals surface area contributed by atoms with E-state index in [9.17, 15) is 71.1 Å². The molecule has 4 aliphatic rings. The van der Waals surface area contributed by atoms with Crippen molar-refractivity contribution in [1.29, 1.82) is 0 Å². The predicted molar refractivity (Wildman–Crippen MR) is 342 cm³/mol. The smallest absolute Gasteiger partial charge is 0.382 e. The Morgan fingerprint density at radius 2 is 0.787 bits per heavy atom. The zero-order valence-corrected chi connectivity index (χ0v) is 53.9. The fourth-order valence-corrected chi connectivity index (χ4v) is 14.5. The molecule has 26 heteroatoms. The second-order valence-corrected chi connectivity index (χ2v) is 27.5. The number of rotatable bonds is 15. The van der Waals surface area contributed by atoms with Crippen molar-refractivity contribution in [1.82, 2.24) is 9.80 Å². The van der Waals surface area contributed by atoms with Crippen LogP contribution in [0.3, 0.4) is 0 Å². The number of piperidine rings is 2. The molecule has 2 heterocycles. The third-order valence-electron chi connectivity index (χ3n) is 17.5. The number of aryl methyl sites for hydroxylation is 4. The Hall–Kier alpha value is -7.94. The number of carbonyl (C=O) groups excluding carboxylic acids is 4. The molecule has 0 aromatic heterocycles. The molecule has 6 aromatic rings. The molecule has 2 saturated carbocycles. The topological polar surface area (TPSA) is 232 Å². The van der Waals surface area contributed by atoms with Crippen molar-refractivity contribution in [2.45, 2.75) is 141 Å². The molecule has 0 unspecified atom stereocenters. The van der Waals surface area contributed by atoms with Crippen molar-refractivity contribution >= 4 is 66.6 Å². The summed E-state index contributed by atoms with van der Waals surface area (Å²) < 4.78 is 166. The minimum atomic E-state index is -4.56. The summed E-state index contributed by atoms with van der Waals surface area (Å²) in [4.78, 5) is 58.2. The van der Waals surface area contributed by atoms with Gasteiger partial charge in [-0.3, -0.25) is 28.3 Å². The van der Waals surface area contributed by atoms with E-state index in [4.69, 9.17) is 9.11 Å². The second kappa shape index (κ2) is 30.6. The van der Waals surface area contributed by atoms with Crippen LogP contribution in [0.15, 0.2) is 121 Å². The summed E-state index contributed by atoms with van der Waals surface area (Å²) in [5.74, 6) is -6.79. The van der Waals surface area contributed by atoms with Crippen LogP contribution in [-0.2, 0) is 42.2 Å². The van der Waals surface area contributed by atoms with E-state index in [0.717, 1.165) is 49.2 Å². The van der Waals surface area contributed by atoms with Gasteiger partial charge in [-0.15, -0.1) is 0 Å². The maximum Gasteiger partial charge on any atom is 0.416 e. The van der Waals surface area contributed by atoms with Crippen LogP contribution in [0.5, 0.6) is 0 Å². The highest BCUT2D eigenvalue weighted by Crippen LogP contribution is 2.43. The Morgan fingerprint density at radius 1 is 0.457 bits per heavy atom. The first kappa shape index (κ1) is 71.9. The molecule has 2 aliphatic carbocycles. The van der Waals surface area contributed by atoms with E-state index in [1.54, 1.807) is 26.0 Å².